The van der Waals surface area contributed by atoms with Gasteiger partial charge in [-0.25, -0.2) is 4.98 Å². The van der Waals surface area contributed by atoms with Crippen molar-refractivity contribution in [3.63, 3.8) is 0 Å². The Kier molecular flexibility index (Phi) is 4.70. The number of amides is 1. The molecule has 6 heteroatoms. The van der Waals surface area contributed by atoms with Gasteiger partial charge >= 0.3 is 5.97 Å². The number of hydrogen-bond donors (Lipinski definition) is 2. The van der Waals surface area contributed by atoms with E-state index in [0.717, 1.165) is 10.6 Å². The van der Waals surface area contributed by atoms with Crippen LogP contribution in [-0.4, -0.2) is 22.0 Å². The maximum absolute atomic E-state index is 12.1. The molecule has 1 amide bonds. The van der Waals surface area contributed by atoms with E-state index in [1.54, 1.807) is 19.1 Å². The zero-order chi connectivity index (χ0) is 15.4. The Hall–Kier alpha value is -2.21. The van der Waals surface area contributed by atoms with Gasteiger partial charge in [0.25, 0.3) is 5.91 Å². The molecule has 1 heterocycles. The normalized spacial score (nSPS) is 10.4. The molecule has 0 aliphatic rings. The van der Waals surface area contributed by atoms with Crippen LogP contribution in [0.5, 0.6) is 0 Å². The maximum atomic E-state index is 12.1. The second-order valence-electron chi connectivity index (χ2n) is 4.67. The van der Waals surface area contributed by atoms with Crippen LogP contribution >= 0.6 is 11.3 Å². The number of nitrogens with one attached hydrogen (secondary N) is 1. The number of aliphatic carboxylic acids is 1. The number of benzene rings is 1. The molecule has 0 aliphatic heterocycles. The molecule has 21 heavy (non-hydrogen) atoms. The van der Waals surface area contributed by atoms with E-state index >= 15 is 0 Å². The van der Waals surface area contributed by atoms with E-state index in [4.69, 9.17) is 5.11 Å². The Balaban J connectivity index is 2.08. The van der Waals surface area contributed by atoms with Crippen molar-refractivity contribution < 1.29 is 14.7 Å². The van der Waals surface area contributed by atoms with Gasteiger partial charge in [-0.15, -0.1) is 11.3 Å². The lowest BCUT2D eigenvalue weighted by atomic mass is 10.0. The van der Waals surface area contributed by atoms with Crippen molar-refractivity contribution in [1.82, 2.24) is 10.3 Å². The molecule has 2 rings (SSSR count). The van der Waals surface area contributed by atoms with Gasteiger partial charge in [-0.1, -0.05) is 24.3 Å². The molecule has 0 atom stereocenters. The highest BCUT2D eigenvalue weighted by atomic mass is 32.1. The lowest BCUT2D eigenvalue weighted by Crippen LogP contribution is -2.23. The number of carbonyl (C=O) groups is 2. The number of aryl methyl sites for hydroxylation is 2. The topological polar surface area (TPSA) is 79.3 Å². The number of hydrogen-bond acceptors (Lipinski definition) is 4. The molecule has 0 saturated carbocycles. The van der Waals surface area contributed by atoms with Crippen molar-refractivity contribution in [2.24, 2.45) is 0 Å². The summed E-state index contributed by atoms with van der Waals surface area (Å²) >= 11 is 1.36. The third-order valence-electron chi connectivity index (χ3n) is 3.01. The molecule has 0 spiro atoms. The van der Waals surface area contributed by atoms with E-state index in [2.05, 4.69) is 10.3 Å². The lowest BCUT2D eigenvalue weighted by Gasteiger charge is -2.09. The van der Waals surface area contributed by atoms with Crippen molar-refractivity contribution in [3.8, 4) is 0 Å². The van der Waals surface area contributed by atoms with Crippen LogP contribution in [-0.2, 0) is 17.8 Å². The summed E-state index contributed by atoms with van der Waals surface area (Å²) in [5.74, 6) is -1.06. The summed E-state index contributed by atoms with van der Waals surface area (Å²) in [6, 6.07) is 7.20. The number of carboxylic acids is 1. The molecule has 5 nitrogen and oxygen atoms in total. The Morgan fingerprint density at radius 2 is 1.90 bits per heavy atom. The zero-order valence-electron chi connectivity index (χ0n) is 11.8. The van der Waals surface area contributed by atoms with E-state index in [1.165, 1.54) is 11.3 Å². The van der Waals surface area contributed by atoms with Gasteiger partial charge < -0.3 is 10.4 Å². The second-order valence-corrected chi connectivity index (χ2v) is 5.87. The van der Waals surface area contributed by atoms with Gasteiger partial charge in [-0.2, -0.15) is 0 Å². The van der Waals surface area contributed by atoms with Crippen molar-refractivity contribution >= 4 is 23.2 Å². The van der Waals surface area contributed by atoms with Crippen molar-refractivity contribution in [2.45, 2.75) is 26.8 Å². The Labute approximate surface area is 126 Å². The number of carbonyl (C=O) groups excluding carboxylic acids is 1. The minimum Gasteiger partial charge on any atom is -0.481 e. The van der Waals surface area contributed by atoms with E-state index < -0.39 is 5.97 Å². The van der Waals surface area contributed by atoms with E-state index in [1.807, 2.05) is 19.1 Å². The summed E-state index contributed by atoms with van der Waals surface area (Å²) in [4.78, 5) is 27.8. The highest BCUT2D eigenvalue weighted by Crippen LogP contribution is 2.17. The summed E-state index contributed by atoms with van der Waals surface area (Å²) in [5.41, 5.74) is 2.24. The molecule has 1 aromatic carbocycles. The number of rotatable bonds is 5. The molecule has 2 N–H and O–H groups in total. The van der Waals surface area contributed by atoms with Crippen LogP contribution in [0.25, 0.3) is 0 Å². The second kappa shape index (κ2) is 6.49. The van der Waals surface area contributed by atoms with Gasteiger partial charge in [0, 0.05) is 6.54 Å². The Bertz CT molecular complexity index is 679. The van der Waals surface area contributed by atoms with Crippen LogP contribution in [0.3, 0.4) is 0 Å². The SMILES string of the molecule is Cc1nc(C)c(C(=O)NCc2ccccc2CC(=O)O)s1. The highest BCUT2D eigenvalue weighted by molar-refractivity contribution is 7.13. The first kappa shape index (κ1) is 15.2. The predicted molar refractivity (Wildman–Crippen MR) is 80.5 cm³/mol. The Morgan fingerprint density at radius 3 is 2.48 bits per heavy atom. The Morgan fingerprint density at radius 1 is 1.24 bits per heavy atom. The lowest BCUT2D eigenvalue weighted by molar-refractivity contribution is -0.136. The van der Waals surface area contributed by atoms with Gasteiger partial charge in [0.15, 0.2) is 0 Å². The molecule has 0 unspecified atom stereocenters. The van der Waals surface area contributed by atoms with Crippen LogP contribution < -0.4 is 5.32 Å². The zero-order valence-corrected chi connectivity index (χ0v) is 12.7. The molecule has 0 radical (unpaired) electrons. The van der Waals surface area contributed by atoms with Crippen LogP contribution in [0.15, 0.2) is 24.3 Å². The van der Waals surface area contributed by atoms with E-state index in [0.29, 0.717) is 22.7 Å². The predicted octanol–water partition coefficient (Wildman–Crippen LogP) is 2.32. The monoisotopic (exact) mass is 304 g/mol. The van der Waals surface area contributed by atoms with Crippen LogP contribution in [0.4, 0.5) is 0 Å². The molecule has 0 bridgehead atoms. The number of aromatic nitrogens is 1. The fourth-order valence-electron chi connectivity index (χ4n) is 2.06. The molecule has 0 fully saturated rings. The smallest absolute Gasteiger partial charge is 0.307 e. The van der Waals surface area contributed by atoms with Gasteiger partial charge in [-0.3, -0.25) is 9.59 Å². The molecule has 110 valence electrons. The van der Waals surface area contributed by atoms with Crippen LogP contribution in [0.1, 0.15) is 31.5 Å². The number of carboxylic acid groups (broad SMARTS) is 1. The van der Waals surface area contributed by atoms with Crippen LogP contribution in [0, 0.1) is 13.8 Å². The number of nitrogens with zero attached hydrogens (tertiary/aromatic N) is 1. The quantitative estimate of drug-likeness (QED) is 0.888. The van der Waals surface area contributed by atoms with Gasteiger partial charge in [0.1, 0.15) is 4.88 Å². The molecular formula is C15H16N2O3S. The van der Waals surface area contributed by atoms with Gasteiger partial charge in [-0.05, 0) is 25.0 Å². The fraction of sp³-hybridized carbons (Fsp3) is 0.267. The largest absolute Gasteiger partial charge is 0.481 e. The van der Waals surface area contributed by atoms with E-state index in [-0.39, 0.29) is 12.3 Å². The fourth-order valence-corrected chi connectivity index (χ4v) is 2.90. The third kappa shape index (κ3) is 3.88. The first-order chi connectivity index (χ1) is 9.97. The minimum atomic E-state index is -0.886. The highest BCUT2D eigenvalue weighted by Gasteiger charge is 2.14. The third-order valence-corrected chi connectivity index (χ3v) is 4.08. The van der Waals surface area contributed by atoms with Crippen molar-refractivity contribution in [3.05, 3.63) is 51.0 Å². The van der Waals surface area contributed by atoms with Crippen molar-refractivity contribution in [2.75, 3.05) is 0 Å². The maximum Gasteiger partial charge on any atom is 0.307 e. The molecule has 0 aliphatic carbocycles. The van der Waals surface area contributed by atoms with Crippen LogP contribution in [0.2, 0.25) is 0 Å². The summed E-state index contributed by atoms with van der Waals surface area (Å²) in [5, 5.41) is 12.6. The van der Waals surface area contributed by atoms with Gasteiger partial charge in [0.2, 0.25) is 0 Å². The van der Waals surface area contributed by atoms with Gasteiger partial charge in [0.05, 0.1) is 17.1 Å². The minimum absolute atomic E-state index is 0.0509. The molecular weight excluding hydrogens is 288 g/mol. The average molecular weight is 304 g/mol. The molecule has 1 aromatic heterocycles. The molecule has 0 saturated heterocycles. The van der Waals surface area contributed by atoms with E-state index in [9.17, 15) is 9.59 Å². The standard InChI is InChI=1S/C15H16N2O3S/c1-9-14(21-10(2)17-9)15(20)16-8-12-6-4-3-5-11(12)7-13(18)19/h3-6H,7-8H2,1-2H3,(H,16,20)(H,18,19). The van der Waals surface area contributed by atoms with Crippen molar-refractivity contribution in [1.29, 1.82) is 0 Å². The first-order valence-electron chi connectivity index (χ1n) is 6.48. The summed E-state index contributed by atoms with van der Waals surface area (Å²) < 4.78 is 0. The molecule has 2 aromatic rings. The summed E-state index contributed by atoms with van der Waals surface area (Å²) in [6.45, 7) is 3.96. The summed E-state index contributed by atoms with van der Waals surface area (Å²) in [6.07, 6.45) is -0.0509. The average Bonchev–Trinajstić information content (AvgIpc) is 2.76. The summed E-state index contributed by atoms with van der Waals surface area (Å²) in [7, 11) is 0. The first-order valence-corrected chi connectivity index (χ1v) is 7.30. The number of thiazole rings is 1.